The van der Waals surface area contributed by atoms with Gasteiger partial charge < -0.3 is 5.11 Å². The molecule has 0 aliphatic heterocycles. The minimum absolute atomic E-state index is 0.448. The molecule has 1 aromatic rings. The van der Waals surface area contributed by atoms with Gasteiger partial charge in [-0.15, -0.1) is 0 Å². The van der Waals surface area contributed by atoms with Gasteiger partial charge in [0.2, 0.25) is 0 Å². The van der Waals surface area contributed by atoms with E-state index in [1.165, 1.54) is 0 Å². The van der Waals surface area contributed by atoms with Crippen LogP contribution in [0.5, 0.6) is 0 Å². The molecule has 1 rings (SSSR count). The number of hydrogen-bond donors (Lipinski definition) is 1. The molecular weight excluding hydrogens is 148 g/mol. The van der Waals surface area contributed by atoms with Crippen molar-refractivity contribution >= 4 is 0 Å². The summed E-state index contributed by atoms with van der Waals surface area (Å²) in [5.74, 6) is 0. The molecule has 1 aromatic carbocycles. The molecule has 0 aliphatic rings. The quantitative estimate of drug-likeness (QED) is 0.663. The van der Waals surface area contributed by atoms with E-state index in [0.717, 1.165) is 11.1 Å². The summed E-state index contributed by atoms with van der Waals surface area (Å²) in [5.41, 5.74) is 1.94. The third-order valence-corrected chi connectivity index (χ3v) is 2.00. The van der Waals surface area contributed by atoms with Crippen molar-refractivity contribution in [3.63, 3.8) is 0 Å². The van der Waals surface area contributed by atoms with Crippen LogP contribution in [0.25, 0.3) is 0 Å². The van der Waals surface area contributed by atoms with E-state index in [2.05, 4.69) is 0 Å². The zero-order valence-electron chi connectivity index (χ0n) is 7.49. The lowest BCUT2D eigenvalue weighted by Gasteiger charge is -2.10. The molecule has 0 aliphatic carbocycles. The molecule has 0 radical (unpaired) electrons. The van der Waals surface area contributed by atoms with Crippen LogP contribution in [0.4, 0.5) is 0 Å². The van der Waals surface area contributed by atoms with E-state index < -0.39 is 6.10 Å². The Balaban J connectivity index is 2.86. The van der Waals surface area contributed by atoms with Crippen LogP contribution < -0.4 is 0 Å². The van der Waals surface area contributed by atoms with Crippen molar-refractivity contribution in [2.75, 3.05) is 0 Å². The highest BCUT2D eigenvalue weighted by Crippen LogP contribution is 2.19. The number of allylic oxidation sites excluding steroid dienone is 1. The fourth-order valence-corrected chi connectivity index (χ4v) is 1.06. The van der Waals surface area contributed by atoms with Crippen LogP contribution in [-0.2, 0) is 0 Å². The molecule has 1 unspecified atom stereocenters. The maximum absolute atomic E-state index is 9.72. The minimum Gasteiger partial charge on any atom is -0.384 e. The van der Waals surface area contributed by atoms with Crippen molar-refractivity contribution in [2.24, 2.45) is 0 Å². The van der Waals surface area contributed by atoms with E-state index in [9.17, 15) is 5.11 Å². The summed E-state index contributed by atoms with van der Waals surface area (Å²) in [5, 5.41) is 9.72. The first-order valence-corrected chi connectivity index (χ1v) is 4.11. The van der Waals surface area contributed by atoms with Gasteiger partial charge in [-0.1, -0.05) is 36.4 Å². The Kier molecular flexibility index (Phi) is 3.06. The molecule has 1 heteroatoms. The summed E-state index contributed by atoms with van der Waals surface area (Å²) in [6.07, 6.45) is 1.48. The molecule has 0 fully saturated rings. The summed E-state index contributed by atoms with van der Waals surface area (Å²) in [4.78, 5) is 0. The first-order valence-electron chi connectivity index (χ1n) is 4.11. The molecule has 0 amide bonds. The monoisotopic (exact) mass is 162 g/mol. The smallest absolute Gasteiger partial charge is 0.0998 e. The largest absolute Gasteiger partial charge is 0.384 e. The summed E-state index contributed by atoms with van der Waals surface area (Å²) in [6, 6.07) is 9.67. The van der Waals surface area contributed by atoms with Crippen LogP contribution in [0.1, 0.15) is 25.5 Å². The van der Waals surface area contributed by atoms with Crippen LogP contribution in [0.2, 0.25) is 0 Å². The molecule has 0 heterocycles. The molecule has 64 valence electrons. The maximum atomic E-state index is 9.72. The number of benzene rings is 1. The molecule has 12 heavy (non-hydrogen) atoms. The van der Waals surface area contributed by atoms with Gasteiger partial charge >= 0.3 is 0 Å². The Morgan fingerprint density at radius 1 is 1.33 bits per heavy atom. The highest BCUT2D eigenvalue weighted by atomic mass is 16.3. The van der Waals surface area contributed by atoms with Crippen molar-refractivity contribution < 1.29 is 5.11 Å². The van der Waals surface area contributed by atoms with E-state index in [1.807, 2.05) is 50.3 Å². The normalized spacial score (nSPS) is 14.4. The third kappa shape index (κ3) is 1.95. The van der Waals surface area contributed by atoms with Crippen molar-refractivity contribution in [1.29, 1.82) is 0 Å². The van der Waals surface area contributed by atoms with Gasteiger partial charge in [-0.3, -0.25) is 0 Å². The van der Waals surface area contributed by atoms with Gasteiger partial charge in [0, 0.05) is 0 Å². The maximum Gasteiger partial charge on any atom is 0.0998 e. The first kappa shape index (κ1) is 9.01. The van der Waals surface area contributed by atoms with Gasteiger partial charge in [-0.2, -0.15) is 0 Å². The number of aliphatic hydroxyl groups excluding tert-OH is 1. The molecule has 0 saturated carbocycles. The average Bonchev–Trinajstić information content (AvgIpc) is 2.17. The lowest BCUT2D eigenvalue weighted by atomic mass is 10.0. The zero-order chi connectivity index (χ0) is 8.97. The van der Waals surface area contributed by atoms with Crippen molar-refractivity contribution in [3.8, 4) is 0 Å². The van der Waals surface area contributed by atoms with Gasteiger partial charge in [0.15, 0.2) is 0 Å². The number of rotatable bonds is 2. The molecule has 1 N–H and O–H groups in total. The fraction of sp³-hybridized carbons (Fsp3) is 0.273. The SMILES string of the molecule is CC=C(C)C(O)c1ccccc1. The van der Waals surface area contributed by atoms with E-state index in [1.54, 1.807) is 0 Å². The Labute approximate surface area is 73.4 Å². The minimum atomic E-state index is -0.448. The van der Waals surface area contributed by atoms with Gasteiger partial charge in [0.25, 0.3) is 0 Å². The molecular formula is C11H14O. The second-order valence-electron chi connectivity index (χ2n) is 2.85. The Morgan fingerprint density at radius 2 is 1.92 bits per heavy atom. The van der Waals surface area contributed by atoms with Crippen LogP contribution in [0.15, 0.2) is 42.0 Å². The van der Waals surface area contributed by atoms with Gasteiger partial charge in [-0.05, 0) is 25.0 Å². The Bertz CT molecular complexity index is 262. The van der Waals surface area contributed by atoms with Gasteiger partial charge in [0.05, 0.1) is 6.10 Å². The van der Waals surface area contributed by atoms with Crippen LogP contribution >= 0.6 is 0 Å². The van der Waals surface area contributed by atoms with E-state index in [4.69, 9.17) is 0 Å². The predicted octanol–water partition coefficient (Wildman–Crippen LogP) is 2.69. The van der Waals surface area contributed by atoms with Gasteiger partial charge in [0.1, 0.15) is 0 Å². The standard InChI is InChI=1S/C11H14O/c1-3-9(2)11(12)10-7-5-4-6-8-10/h3-8,11-12H,1-2H3. The number of hydrogen-bond acceptors (Lipinski definition) is 1. The molecule has 0 saturated heterocycles. The molecule has 1 nitrogen and oxygen atoms in total. The van der Waals surface area contributed by atoms with Crippen molar-refractivity contribution in [3.05, 3.63) is 47.5 Å². The fourth-order valence-electron chi connectivity index (χ4n) is 1.06. The van der Waals surface area contributed by atoms with Crippen molar-refractivity contribution in [1.82, 2.24) is 0 Å². The summed E-state index contributed by atoms with van der Waals surface area (Å²) >= 11 is 0. The van der Waals surface area contributed by atoms with Crippen LogP contribution in [0, 0.1) is 0 Å². The average molecular weight is 162 g/mol. The van der Waals surface area contributed by atoms with Gasteiger partial charge in [-0.25, -0.2) is 0 Å². The van der Waals surface area contributed by atoms with E-state index in [0.29, 0.717) is 0 Å². The topological polar surface area (TPSA) is 20.2 Å². The van der Waals surface area contributed by atoms with Crippen LogP contribution in [0.3, 0.4) is 0 Å². The number of aliphatic hydroxyl groups is 1. The predicted molar refractivity (Wildman–Crippen MR) is 50.8 cm³/mol. The molecule has 0 aromatic heterocycles. The Hall–Kier alpha value is -1.08. The molecule has 0 spiro atoms. The summed E-state index contributed by atoms with van der Waals surface area (Å²) in [7, 11) is 0. The molecule has 0 bridgehead atoms. The van der Waals surface area contributed by atoms with E-state index >= 15 is 0 Å². The highest BCUT2D eigenvalue weighted by Gasteiger charge is 2.06. The first-order chi connectivity index (χ1) is 5.75. The lowest BCUT2D eigenvalue weighted by molar-refractivity contribution is 0.215. The summed E-state index contributed by atoms with van der Waals surface area (Å²) in [6.45, 7) is 3.86. The Morgan fingerprint density at radius 3 is 2.42 bits per heavy atom. The van der Waals surface area contributed by atoms with Crippen molar-refractivity contribution in [2.45, 2.75) is 20.0 Å². The highest BCUT2D eigenvalue weighted by molar-refractivity contribution is 5.24. The van der Waals surface area contributed by atoms with E-state index in [-0.39, 0.29) is 0 Å². The zero-order valence-corrected chi connectivity index (χ0v) is 7.49. The lowest BCUT2D eigenvalue weighted by Crippen LogP contribution is -1.97. The second kappa shape index (κ2) is 4.07. The van der Waals surface area contributed by atoms with Crippen LogP contribution in [-0.4, -0.2) is 5.11 Å². The second-order valence-corrected chi connectivity index (χ2v) is 2.85. The summed E-state index contributed by atoms with van der Waals surface area (Å²) < 4.78 is 0. The molecule has 1 atom stereocenters. The third-order valence-electron chi connectivity index (χ3n) is 2.00.